The van der Waals surface area contributed by atoms with E-state index in [2.05, 4.69) is 15.3 Å². The summed E-state index contributed by atoms with van der Waals surface area (Å²) >= 11 is 6.05. The lowest BCUT2D eigenvalue weighted by atomic mass is 9.96. The Labute approximate surface area is 102 Å². The van der Waals surface area contributed by atoms with Crippen LogP contribution in [-0.4, -0.2) is 16.0 Å². The lowest BCUT2D eigenvalue weighted by Gasteiger charge is -2.23. The first kappa shape index (κ1) is 11.6. The molecule has 4 heteroatoms. The van der Waals surface area contributed by atoms with Crippen molar-refractivity contribution in [2.24, 2.45) is 0 Å². The standard InChI is InChI=1S/C12H18ClN3/c1-8-9(2)14-12(16-11(8)13)15-10-6-4-3-5-7-10/h10H,3-7H2,1-2H3,(H,14,15,16). The topological polar surface area (TPSA) is 37.8 Å². The number of hydrogen-bond acceptors (Lipinski definition) is 3. The van der Waals surface area contributed by atoms with Gasteiger partial charge in [0.15, 0.2) is 0 Å². The zero-order valence-electron chi connectivity index (χ0n) is 9.89. The summed E-state index contributed by atoms with van der Waals surface area (Å²) in [6.45, 7) is 3.91. The van der Waals surface area contributed by atoms with Gasteiger partial charge in [-0.15, -0.1) is 0 Å². The van der Waals surface area contributed by atoms with E-state index in [1.807, 2.05) is 13.8 Å². The lowest BCUT2D eigenvalue weighted by molar-refractivity contribution is 0.460. The number of hydrogen-bond donors (Lipinski definition) is 1. The SMILES string of the molecule is Cc1nc(NC2CCCCC2)nc(Cl)c1C. The highest BCUT2D eigenvalue weighted by molar-refractivity contribution is 6.30. The van der Waals surface area contributed by atoms with Crippen molar-refractivity contribution in [1.29, 1.82) is 0 Å². The van der Waals surface area contributed by atoms with E-state index < -0.39 is 0 Å². The molecule has 3 nitrogen and oxygen atoms in total. The molecule has 1 aliphatic rings. The number of aryl methyl sites for hydroxylation is 1. The van der Waals surface area contributed by atoms with Gasteiger partial charge in [0, 0.05) is 17.3 Å². The van der Waals surface area contributed by atoms with Gasteiger partial charge in [0.25, 0.3) is 0 Å². The van der Waals surface area contributed by atoms with Crippen LogP contribution in [0, 0.1) is 13.8 Å². The van der Waals surface area contributed by atoms with Gasteiger partial charge in [0.1, 0.15) is 5.15 Å². The summed E-state index contributed by atoms with van der Waals surface area (Å²) in [6.07, 6.45) is 6.39. The molecule has 0 amide bonds. The van der Waals surface area contributed by atoms with Gasteiger partial charge in [-0.2, -0.15) is 0 Å². The number of nitrogens with zero attached hydrogens (tertiary/aromatic N) is 2. The first-order valence-corrected chi connectivity index (χ1v) is 6.32. The van der Waals surface area contributed by atoms with E-state index in [4.69, 9.17) is 11.6 Å². The Bertz CT molecular complexity index is 350. The smallest absolute Gasteiger partial charge is 0.224 e. The van der Waals surface area contributed by atoms with Crippen molar-refractivity contribution in [2.45, 2.75) is 52.0 Å². The molecule has 1 aliphatic carbocycles. The number of anilines is 1. The average Bonchev–Trinajstić information content (AvgIpc) is 2.27. The molecule has 0 aromatic carbocycles. The van der Waals surface area contributed by atoms with Crippen molar-refractivity contribution >= 4 is 17.5 Å². The highest BCUT2D eigenvalue weighted by atomic mass is 35.5. The fraction of sp³-hybridized carbons (Fsp3) is 0.667. The van der Waals surface area contributed by atoms with Gasteiger partial charge in [-0.3, -0.25) is 0 Å². The highest BCUT2D eigenvalue weighted by Crippen LogP contribution is 2.22. The van der Waals surface area contributed by atoms with Crippen LogP contribution < -0.4 is 5.32 Å². The van der Waals surface area contributed by atoms with Crippen LogP contribution >= 0.6 is 11.6 Å². The van der Waals surface area contributed by atoms with Crippen LogP contribution in [-0.2, 0) is 0 Å². The second kappa shape index (κ2) is 5.00. The summed E-state index contributed by atoms with van der Waals surface area (Å²) in [5.74, 6) is 0.681. The average molecular weight is 240 g/mol. The fourth-order valence-corrected chi connectivity index (χ4v) is 2.30. The second-order valence-electron chi connectivity index (χ2n) is 4.53. The molecule has 1 aromatic heterocycles. The molecule has 0 bridgehead atoms. The van der Waals surface area contributed by atoms with E-state index in [0.717, 1.165) is 11.3 Å². The molecule has 1 heterocycles. The predicted molar refractivity (Wildman–Crippen MR) is 67.0 cm³/mol. The fourth-order valence-electron chi connectivity index (χ4n) is 2.09. The number of nitrogens with one attached hydrogen (secondary N) is 1. The third-order valence-corrected chi connectivity index (χ3v) is 3.64. The summed E-state index contributed by atoms with van der Waals surface area (Å²) in [5.41, 5.74) is 1.93. The first-order valence-electron chi connectivity index (χ1n) is 5.94. The van der Waals surface area contributed by atoms with Gasteiger partial charge in [-0.05, 0) is 26.7 Å². The summed E-state index contributed by atoms with van der Waals surface area (Å²) in [5, 5.41) is 3.94. The van der Waals surface area contributed by atoms with Gasteiger partial charge in [-0.1, -0.05) is 30.9 Å². The molecule has 1 saturated carbocycles. The van der Waals surface area contributed by atoms with Crippen molar-refractivity contribution < 1.29 is 0 Å². The molecule has 16 heavy (non-hydrogen) atoms. The minimum Gasteiger partial charge on any atom is -0.351 e. The summed E-state index contributed by atoms with van der Waals surface area (Å²) in [7, 11) is 0. The maximum atomic E-state index is 6.05. The van der Waals surface area contributed by atoms with E-state index in [1.54, 1.807) is 0 Å². The van der Waals surface area contributed by atoms with Gasteiger partial charge in [-0.25, -0.2) is 9.97 Å². The Morgan fingerprint density at radius 1 is 1.12 bits per heavy atom. The van der Waals surface area contributed by atoms with E-state index in [0.29, 0.717) is 17.1 Å². The predicted octanol–water partition coefficient (Wildman–Crippen LogP) is 3.49. The van der Waals surface area contributed by atoms with Crippen molar-refractivity contribution in [2.75, 3.05) is 5.32 Å². The van der Waals surface area contributed by atoms with E-state index in [9.17, 15) is 0 Å². The van der Waals surface area contributed by atoms with Crippen molar-refractivity contribution in [3.05, 3.63) is 16.4 Å². The zero-order valence-corrected chi connectivity index (χ0v) is 10.6. The number of halogens is 1. The van der Waals surface area contributed by atoms with Crippen LogP contribution in [0.2, 0.25) is 5.15 Å². The van der Waals surface area contributed by atoms with E-state index in [1.165, 1.54) is 32.1 Å². The molecule has 0 spiro atoms. The number of aromatic nitrogens is 2. The Morgan fingerprint density at radius 3 is 2.44 bits per heavy atom. The Balaban J connectivity index is 2.09. The van der Waals surface area contributed by atoms with Crippen molar-refractivity contribution in [3.63, 3.8) is 0 Å². The first-order chi connectivity index (χ1) is 7.66. The lowest BCUT2D eigenvalue weighted by Crippen LogP contribution is -2.23. The molecule has 0 radical (unpaired) electrons. The van der Waals surface area contributed by atoms with Crippen molar-refractivity contribution in [1.82, 2.24) is 9.97 Å². The van der Waals surface area contributed by atoms with E-state index >= 15 is 0 Å². The van der Waals surface area contributed by atoms with Crippen LogP contribution in [0.15, 0.2) is 0 Å². The van der Waals surface area contributed by atoms with Crippen LogP contribution in [0.5, 0.6) is 0 Å². The second-order valence-corrected chi connectivity index (χ2v) is 4.89. The Morgan fingerprint density at radius 2 is 1.81 bits per heavy atom. The number of rotatable bonds is 2. The maximum Gasteiger partial charge on any atom is 0.224 e. The third-order valence-electron chi connectivity index (χ3n) is 3.27. The monoisotopic (exact) mass is 239 g/mol. The van der Waals surface area contributed by atoms with Gasteiger partial charge in [0.2, 0.25) is 5.95 Å². The van der Waals surface area contributed by atoms with Crippen LogP contribution in [0.4, 0.5) is 5.95 Å². The molecular formula is C12H18ClN3. The molecule has 88 valence electrons. The van der Waals surface area contributed by atoms with E-state index in [-0.39, 0.29) is 0 Å². The van der Waals surface area contributed by atoms with Gasteiger partial charge >= 0.3 is 0 Å². The van der Waals surface area contributed by atoms with Crippen LogP contribution in [0.3, 0.4) is 0 Å². The zero-order chi connectivity index (χ0) is 11.5. The molecule has 0 saturated heterocycles. The highest BCUT2D eigenvalue weighted by Gasteiger charge is 2.15. The molecule has 0 unspecified atom stereocenters. The van der Waals surface area contributed by atoms with Gasteiger partial charge in [0.05, 0.1) is 0 Å². The van der Waals surface area contributed by atoms with Crippen molar-refractivity contribution in [3.8, 4) is 0 Å². The Hall–Kier alpha value is -0.830. The maximum absolute atomic E-state index is 6.05. The van der Waals surface area contributed by atoms with Crippen LogP contribution in [0.1, 0.15) is 43.4 Å². The summed E-state index contributed by atoms with van der Waals surface area (Å²) < 4.78 is 0. The quantitative estimate of drug-likeness (QED) is 0.803. The molecule has 1 fully saturated rings. The normalized spacial score (nSPS) is 17.4. The molecule has 2 rings (SSSR count). The van der Waals surface area contributed by atoms with Crippen LogP contribution in [0.25, 0.3) is 0 Å². The molecule has 1 aromatic rings. The minimum absolute atomic E-state index is 0.520. The molecule has 1 N–H and O–H groups in total. The minimum atomic E-state index is 0.520. The Kier molecular flexibility index (Phi) is 3.64. The summed E-state index contributed by atoms with van der Waals surface area (Å²) in [4.78, 5) is 8.69. The molecule has 0 aliphatic heterocycles. The largest absolute Gasteiger partial charge is 0.351 e. The van der Waals surface area contributed by atoms with Gasteiger partial charge < -0.3 is 5.32 Å². The molecule has 0 atom stereocenters. The summed E-state index contributed by atoms with van der Waals surface area (Å²) in [6, 6.07) is 0.520. The molecular weight excluding hydrogens is 222 g/mol. The third kappa shape index (κ3) is 2.64.